The third-order valence-electron chi connectivity index (χ3n) is 2.17. The first-order valence-corrected chi connectivity index (χ1v) is 6.27. The van der Waals surface area contributed by atoms with Gasteiger partial charge in [0.25, 0.3) is 0 Å². The molecule has 0 saturated heterocycles. The maximum Gasteiger partial charge on any atom is 0.355 e. The molecule has 0 aliphatic carbocycles. The van der Waals surface area contributed by atoms with Crippen LogP contribution in [-0.4, -0.2) is 23.0 Å². The van der Waals surface area contributed by atoms with E-state index in [0.717, 1.165) is 0 Å². The summed E-state index contributed by atoms with van der Waals surface area (Å²) in [5.74, 6) is -0.500. The van der Waals surface area contributed by atoms with Crippen molar-refractivity contribution in [3.05, 3.63) is 39.4 Å². The van der Waals surface area contributed by atoms with E-state index in [4.69, 9.17) is 11.6 Å². The molecule has 0 radical (unpaired) electrons. The van der Waals surface area contributed by atoms with Gasteiger partial charge in [-0.3, -0.25) is 0 Å². The average Bonchev–Trinajstić information content (AvgIpc) is 2.88. The summed E-state index contributed by atoms with van der Waals surface area (Å²) in [7, 11) is 1.28. The first-order chi connectivity index (χ1) is 9.15. The molecule has 1 aliphatic heterocycles. The molecule has 0 fully saturated rings. The number of ether oxygens (including phenoxy) is 1. The van der Waals surface area contributed by atoms with E-state index in [9.17, 15) is 10.1 Å². The Balaban J connectivity index is 2.32. The zero-order valence-corrected chi connectivity index (χ0v) is 11.2. The van der Waals surface area contributed by atoms with Crippen LogP contribution in [0.15, 0.2) is 28.4 Å². The van der Waals surface area contributed by atoms with Gasteiger partial charge < -0.3 is 10.1 Å². The molecule has 0 unspecified atom stereocenters. The van der Waals surface area contributed by atoms with Gasteiger partial charge in [0.1, 0.15) is 17.3 Å². The fourth-order valence-corrected chi connectivity index (χ4v) is 2.30. The number of carbonyl (C=O) groups is 1. The Morgan fingerprint density at radius 2 is 2.42 bits per heavy atom. The Bertz CT molecular complexity index is 636. The third kappa shape index (κ3) is 2.86. The highest BCUT2D eigenvalue weighted by Gasteiger charge is 2.21. The van der Waals surface area contributed by atoms with Crippen LogP contribution >= 0.6 is 23.4 Å². The number of carbonyl (C=O) groups excluding carboxylic acids is 1. The predicted molar refractivity (Wildman–Crippen MR) is 70.4 cm³/mol. The molecule has 2 heterocycles. The second kappa shape index (κ2) is 5.73. The maximum absolute atomic E-state index is 11.3. The Morgan fingerprint density at radius 3 is 3.05 bits per heavy atom. The van der Waals surface area contributed by atoms with Crippen molar-refractivity contribution in [1.29, 1.82) is 5.26 Å². The molecule has 1 aromatic heterocycles. The van der Waals surface area contributed by atoms with Crippen molar-refractivity contribution < 1.29 is 9.53 Å². The van der Waals surface area contributed by atoms with Crippen molar-refractivity contribution in [3.63, 3.8) is 0 Å². The fourth-order valence-electron chi connectivity index (χ4n) is 1.33. The van der Waals surface area contributed by atoms with Crippen LogP contribution in [0.3, 0.4) is 0 Å². The Kier molecular flexibility index (Phi) is 4.04. The molecule has 0 aromatic carbocycles. The average molecular weight is 295 g/mol. The minimum atomic E-state index is -0.500. The van der Waals surface area contributed by atoms with Gasteiger partial charge in [-0.25, -0.2) is 14.8 Å². The Hall–Kier alpha value is -2.04. The molecule has 1 N–H and O–H groups in total. The Labute approximate surface area is 118 Å². The maximum atomic E-state index is 11.3. The van der Waals surface area contributed by atoms with Crippen molar-refractivity contribution in [1.82, 2.24) is 15.3 Å². The molecule has 8 heteroatoms. The monoisotopic (exact) mass is 294 g/mol. The van der Waals surface area contributed by atoms with Crippen LogP contribution in [0.5, 0.6) is 0 Å². The van der Waals surface area contributed by atoms with Crippen molar-refractivity contribution in [3.8, 4) is 6.07 Å². The molecule has 0 bridgehead atoms. The molecule has 0 atom stereocenters. The molecule has 1 aliphatic rings. The van der Waals surface area contributed by atoms with Gasteiger partial charge in [0.2, 0.25) is 5.28 Å². The van der Waals surface area contributed by atoms with Crippen LogP contribution in [0, 0.1) is 11.3 Å². The zero-order chi connectivity index (χ0) is 13.8. The van der Waals surface area contributed by atoms with E-state index < -0.39 is 5.97 Å². The summed E-state index contributed by atoms with van der Waals surface area (Å²) in [4.78, 5) is 19.1. The van der Waals surface area contributed by atoms with Gasteiger partial charge in [-0.05, 0) is 17.7 Å². The first-order valence-electron chi connectivity index (χ1n) is 5.01. The van der Waals surface area contributed by atoms with Crippen molar-refractivity contribution in [2.24, 2.45) is 0 Å². The minimum Gasteiger partial charge on any atom is -0.464 e. The molecule has 19 heavy (non-hydrogen) atoms. The first kappa shape index (κ1) is 13.4. The SMILES string of the molecule is COC(=O)C1=CSC(=C(C#N)c2ccnc(Cl)n2)N1. The number of thioether (sulfide) groups is 1. The van der Waals surface area contributed by atoms with Gasteiger partial charge >= 0.3 is 5.97 Å². The lowest BCUT2D eigenvalue weighted by atomic mass is 10.2. The summed E-state index contributed by atoms with van der Waals surface area (Å²) in [6.45, 7) is 0. The molecule has 0 saturated carbocycles. The largest absolute Gasteiger partial charge is 0.464 e. The van der Waals surface area contributed by atoms with Crippen LogP contribution < -0.4 is 5.32 Å². The van der Waals surface area contributed by atoms with Crippen molar-refractivity contribution >= 4 is 34.9 Å². The number of esters is 1. The quantitative estimate of drug-likeness (QED) is 0.504. The van der Waals surface area contributed by atoms with Crippen molar-refractivity contribution in [2.45, 2.75) is 0 Å². The molecule has 96 valence electrons. The van der Waals surface area contributed by atoms with E-state index >= 15 is 0 Å². The molecule has 0 spiro atoms. The lowest BCUT2D eigenvalue weighted by Gasteiger charge is -2.05. The lowest BCUT2D eigenvalue weighted by molar-refractivity contribution is -0.136. The van der Waals surface area contributed by atoms with Gasteiger partial charge in [-0.2, -0.15) is 5.26 Å². The minimum absolute atomic E-state index is 0.0509. The topological polar surface area (TPSA) is 87.9 Å². The normalized spacial score (nSPS) is 16.2. The number of hydrogen-bond donors (Lipinski definition) is 1. The standard InChI is InChI=1S/C11H7ClN4O2S/c1-18-10(17)8-5-19-9(15-8)6(4-13)7-2-3-14-11(12)16-7/h2-3,5,15H,1H3. The number of hydrogen-bond acceptors (Lipinski definition) is 7. The van der Waals surface area contributed by atoms with Gasteiger partial charge in [0.05, 0.1) is 17.8 Å². The van der Waals surface area contributed by atoms with Crippen LogP contribution in [-0.2, 0) is 9.53 Å². The van der Waals surface area contributed by atoms with Crippen LogP contribution in [0.4, 0.5) is 0 Å². The van der Waals surface area contributed by atoms with Crippen molar-refractivity contribution in [2.75, 3.05) is 7.11 Å². The van der Waals surface area contributed by atoms with Gasteiger partial charge in [-0.1, -0.05) is 11.8 Å². The molecule has 0 amide bonds. The van der Waals surface area contributed by atoms with E-state index in [1.165, 1.54) is 25.1 Å². The number of halogens is 1. The van der Waals surface area contributed by atoms with Crippen LogP contribution in [0.25, 0.3) is 5.57 Å². The summed E-state index contributed by atoms with van der Waals surface area (Å²) in [5, 5.41) is 14.1. The highest BCUT2D eigenvalue weighted by atomic mass is 35.5. The van der Waals surface area contributed by atoms with E-state index in [0.29, 0.717) is 10.7 Å². The summed E-state index contributed by atoms with van der Waals surface area (Å²) in [5.41, 5.74) is 0.942. The molecular weight excluding hydrogens is 288 g/mol. The summed E-state index contributed by atoms with van der Waals surface area (Å²) in [6.07, 6.45) is 1.46. The van der Waals surface area contributed by atoms with E-state index in [2.05, 4.69) is 20.0 Å². The number of aromatic nitrogens is 2. The molecule has 1 aromatic rings. The van der Waals surface area contributed by atoms with E-state index in [-0.39, 0.29) is 16.6 Å². The lowest BCUT2D eigenvalue weighted by Crippen LogP contribution is -2.16. The highest BCUT2D eigenvalue weighted by molar-refractivity contribution is 8.06. The van der Waals surface area contributed by atoms with Crippen LogP contribution in [0.2, 0.25) is 5.28 Å². The number of nitrogens with one attached hydrogen (secondary N) is 1. The molecule has 2 rings (SSSR count). The van der Waals surface area contributed by atoms with E-state index in [1.54, 1.807) is 11.5 Å². The Morgan fingerprint density at radius 1 is 1.63 bits per heavy atom. The highest BCUT2D eigenvalue weighted by Crippen LogP contribution is 2.31. The van der Waals surface area contributed by atoms with Crippen LogP contribution in [0.1, 0.15) is 5.69 Å². The fraction of sp³-hybridized carbons (Fsp3) is 0.0909. The smallest absolute Gasteiger partial charge is 0.355 e. The second-order valence-corrected chi connectivity index (χ2v) is 4.51. The molecule has 6 nitrogen and oxygen atoms in total. The van der Waals surface area contributed by atoms with E-state index in [1.807, 2.05) is 6.07 Å². The second-order valence-electron chi connectivity index (χ2n) is 3.29. The number of methoxy groups -OCH3 is 1. The number of nitriles is 1. The van der Waals surface area contributed by atoms with Gasteiger partial charge in [-0.15, -0.1) is 0 Å². The van der Waals surface area contributed by atoms with Gasteiger partial charge in [0, 0.05) is 11.6 Å². The predicted octanol–water partition coefficient (Wildman–Crippen LogP) is 1.67. The summed E-state index contributed by atoms with van der Waals surface area (Å²) < 4.78 is 4.59. The number of rotatable bonds is 2. The zero-order valence-electron chi connectivity index (χ0n) is 9.68. The number of allylic oxidation sites excluding steroid dienone is 1. The third-order valence-corrected chi connectivity index (χ3v) is 3.25. The van der Waals surface area contributed by atoms with Gasteiger partial charge in [0.15, 0.2) is 0 Å². The number of nitrogens with zero attached hydrogens (tertiary/aromatic N) is 3. The summed E-state index contributed by atoms with van der Waals surface area (Å²) in [6, 6.07) is 3.59. The molecular formula is C11H7ClN4O2S. The summed E-state index contributed by atoms with van der Waals surface area (Å²) >= 11 is 6.89.